The quantitative estimate of drug-likeness (QED) is 0.499. The van der Waals surface area contributed by atoms with E-state index in [9.17, 15) is 8.42 Å². The van der Waals surface area contributed by atoms with Gasteiger partial charge in [0, 0.05) is 12.2 Å². The molecule has 5 N–H and O–H groups in total. The summed E-state index contributed by atoms with van der Waals surface area (Å²) in [6.07, 6.45) is 0. The number of hydrogen-bond acceptors (Lipinski definition) is 4. The zero-order valence-corrected chi connectivity index (χ0v) is 9.18. The third-order valence-corrected chi connectivity index (χ3v) is 2.21. The second-order valence-corrected chi connectivity index (χ2v) is 4.05. The third-order valence-electron chi connectivity index (χ3n) is 1.36. The Morgan fingerprint density at radius 1 is 1.33 bits per heavy atom. The number of nitrogen functional groups attached to an aromatic ring is 1. The molecule has 7 heteroatoms. The summed E-state index contributed by atoms with van der Waals surface area (Å²) in [5, 5.41) is 12.8. The lowest BCUT2D eigenvalue weighted by molar-refractivity contribution is 0.00860. The third kappa shape index (κ3) is 6.86. The van der Waals surface area contributed by atoms with Crippen LogP contribution in [-0.2, 0) is 10.2 Å². The Bertz CT molecular complexity index is 366. The first-order valence-corrected chi connectivity index (χ1v) is 5.68. The minimum atomic E-state index is -3.86. The van der Waals surface area contributed by atoms with Crippen molar-refractivity contribution < 1.29 is 13.6 Å². The minimum Gasteiger partial charge on any atom is -0.399 e. The van der Waals surface area contributed by atoms with E-state index in [0.717, 1.165) is 5.69 Å². The van der Waals surface area contributed by atoms with Gasteiger partial charge >= 0.3 is 0 Å². The fourth-order valence-corrected chi connectivity index (χ4v) is 0.993. The molecule has 0 radical (unpaired) electrons. The second kappa shape index (κ2) is 6.36. The monoisotopic (exact) mass is 233 g/mol. The molecule has 0 bridgehead atoms. The summed E-state index contributed by atoms with van der Waals surface area (Å²) in [5.74, 6) is 0. The molecule has 86 valence electrons. The molecule has 0 aromatic heterocycles. The van der Waals surface area contributed by atoms with Crippen molar-refractivity contribution in [3.05, 3.63) is 30.3 Å². The molecule has 0 amide bonds. The van der Waals surface area contributed by atoms with Crippen LogP contribution in [0.5, 0.6) is 0 Å². The smallest absolute Gasteiger partial charge is 0.298 e. The Kier molecular flexibility index (Phi) is 5.87. The van der Waals surface area contributed by atoms with Crippen molar-refractivity contribution in [1.82, 2.24) is 4.47 Å². The van der Waals surface area contributed by atoms with E-state index in [4.69, 9.17) is 10.9 Å². The Hall–Kier alpha value is -1.15. The molecule has 0 fully saturated rings. The van der Waals surface area contributed by atoms with Crippen LogP contribution < -0.4 is 10.9 Å². The van der Waals surface area contributed by atoms with Crippen LogP contribution in [0.3, 0.4) is 0 Å². The van der Waals surface area contributed by atoms with Crippen LogP contribution in [0.2, 0.25) is 0 Å². The molecule has 0 aliphatic rings. The highest BCUT2D eigenvalue weighted by molar-refractivity contribution is 7.86. The van der Waals surface area contributed by atoms with Crippen molar-refractivity contribution in [1.29, 1.82) is 0 Å². The number of para-hydroxylation sites is 1. The molecule has 1 rings (SSSR count). The van der Waals surface area contributed by atoms with E-state index in [1.165, 1.54) is 6.92 Å². The molecule has 0 aliphatic carbocycles. The summed E-state index contributed by atoms with van der Waals surface area (Å²) >= 11 is 0. The van der Waals surface area contributed by atoms with Crippen molar-refractivity contribution >= 4 is 15.9 Å². The van der Waals surface area contributed by atoms with Gasteiger partial charge < -0.3 is 5.73 Å². The number of hydroxylamine groups is 1. The van der Waals surface area contributed by atoms with Crippen molar-refractivity contribution in [2.75, 3.05) is 12.3 Å². The van der Waals surface area contributed by atoms with Crippen molar-refractivity contribution in [2.24, 2.45) is 5.14 Å². The molecule has 1 aromatic carbocycles. The lowest BCUT2D eigenvalue weighted by atomic mass is 10.3. The maximum atomic E-state index is 10.0. The highest BCUT2D eigenvalue weighted by atomic mass is 32.2. The Morgan fingerprint density at radius 3 is 1.93 bits per heavy atom. The van der Waals surface area contributed by atoms with Crippen molar-refractivity contribution in [3.8, 4) is 0 Å². The van der Waals surface area contributed by atoms with Crippen molar-refractivity contribution in [3.63, 3.8) is 0 Å². The first kappa shape index (κ1) is 13.8. The average molecular weight is 233 g/mol. The molecule has 15 heavy (non-hydrogen) atoms. The summed E-state index contributed by atoms with van der Waals surface area (Å²) in [7, 11) is -3.86. The normalized spacial score (nSPS) is 10.7. The number of rotatable bonds is 2. The van der Waals surface area contributed by atoms with Gasteiger partial charge in [-0.05, 0) is 19.1 Å². The van der Waals surface area contributed by atoms with E-state index in [1.54, 1.807) is 0 Å². The summed E-state index contributed by atoms with van der Waals surface area (Å²) < 4.78 is 20.1. The average Bonchev–Trinajstić information content (AvgIpc) is 2.17. The molecule has 0 saturated carbocycles. The molecule has 0 heterocycles. The number of nitrogens with zero attached hydrogens (tertiary/aromatic N) is 1. The maximum absolute atomic E-state index is 10.0. The number of hydrogen-bond donors (Lipinski definition) is 3. The van der Waals surface area contributed by atoms with Crippen LogP contribution >= 0.6 is 0 Å². The Morgan fingerprint density at radius 2 is 1.80 bits per heavy atom. The van der Waals surface area contributed by atoms with E-state index < -0.39 is 10.2 Å². The molecule has 1 aromatic rings. The molecular formula is C8H15N3O3S. The highest BCUT2D eigenvalue weighted by Gasteiger charge is 2.09. The number of nitrogens with two attached hydrogens (primary N) is 2. The van der Waals surface area contributed by atoms with E-state index in [0.29, 0.717) is 0 Å². The lowest BCUT2D eigenvalue weighted by Gasteiger charge is -2.05. The van der Waals surface area contributed by atoms with Crippen LogP contribution in [-0.4, -0.2) is 24.6 Å². The summed E-state index contributed by atoms with van der Waals surface area (Å²) in [6.45, 7) is 1.43. The summed E-state index contributed by atoms with van der Waals surface area (Å²) in [5.41, 5.74) is 6.18. The van der Waals surface area contributed by atoms with Gasteiger partial charge in [0.15, 0.2) is 0 Å². The first-order valence-electron chi connectivity index (χ1n) is 4.17. The van der Waals surface area contributed by atoms with Crippen LogP contribution in [0.1, 0.15) is 6.92 Å². The summed E-state index contributed by atoms with van der Waals surface area (Å²) in [6, 6.07) is 9.49. The Balaban J connectivity index is 0.000000262. The van der Waals surface area contributed by atoms with E-state index in [1.807, 2.05) is 30.3 Å². The van der Waals surface area contributed by atoms with E-state index in [-0.39, 0.29) is 11.0 Å². The predicted octanol–water partition coefficient (Wildman–Crippen LogP) is 0.170. The van der Waals surface area contributed by atoms with Gasteiger partial charge in [0.2, 0.25) is 0 Å². The van der Waals surface area contributed by atoms with Crippen LogP contribution in [0, 0.1) is 0 Å². The topological polar surface area (TPSA) is 110 Å². The fraction of sp³-hybridized carbons (Fsp3) is 0.250. The van der Waals surface area contributed by atoms with Gasteiger partial charge in [0.1, 0.15) is 0 Å². The minimum absolute atomic E-state index is 0.0289. The van der Waals surface area contributed by atoms with Gasteiger partial charge in [-0.2, -0.15) is 8.42 Å². The number of anilines is 1. The van der Waals surface area contributed by atoms with E-state index in [2.05, 4.69) is 5.14 Å². The van der Waals surface area contributed by atoms with E-state index >= 15 is 0 Å². The highest BCUT2D eigenvalue weighted by Crippen LogP contribution is 1.95. The van der Waals surface area contributed by atoms with Crippen molar-refractivity contribution in [2.45, 2.75) is 6.92 Å². The van der Waals surface area contributed by atoms with Crippen LogP contribution in [0.15, 0.2) is 30.3 Å². The zero-order valence-electron chi connectivity index (χ0n) is 8.37. The zero-order chi connectivity index (χ0) is 11.9. The van der Waals surface area contributed by atoms with Gasteiger partial charge in [-0.25, -0.2) is 5.14 Å². The van der Waals surface area contributed by atoms with Gasteiger partial charge in [-0.1, -0.05) is 22.7 Å². The molecule has 0 unspecified atom stereocenters. The standard InChI is InChI=1S/C6H7N.C2H8N2O3S/c7-6-4-2-1-3-5-6;1-2-4(5)8(3,6)7/h1-5H,7H2;5H,2H2,1H3,(H2,3,6,7). The molecule has 0 saturated heterocycles. The lowest BCUT2D eigenvalue weighted by Crippen LogP contribution is -2.33. The van der Waals surface area contributed by atoms with Gasteiger partial charge in [-0.3, -0.25) is 5.21 Å². The Labute approximate surface area is 89.3 Å². The molecular weight excluding hydrogens is 218 g/mol. The molecule has 0 aliphatic heterocycles. The predicted molar refractivity (Wildman–Crippen MR) is 58.1 cm³/mol. The van der Waals surface area contributed by atoms with Gasteiger partial charge in [-0.15, -0.1) is 0 Å². The largest absolute Gasteiger partial charge is 0.399 e. The first-order chi connectivity index (χ1) is 6.88. The van der Waals surface area contributed by atoms with Gasteiger partial charge in [0.25, 0.3) is 10.2 Å². The number of benzene rings is 1. The fourth-order valence-electron chi connectivity index (χ4n) is 0.633. The second-order valence-electron chi connectivity index (χ2n) is 2.59. The molecule has 0 spiro atoms. The SMILES string of the molecule is CCN(O)S(N)(=O)=O.Nc1ccccc1. The van der Waals surface area contributed by atoms with Crippen LogP contribution in [0.25, 0.3) is 0 Å². The maximum Gasteiger partial charge on any atom is 0.298 e. The molecule has 0 atom stereocenters. The molecule has 6 nitrogen and oxygen atoms in total. The summed E-state index contributed by atoms with van der Waals surface area (Å²) in [4.78, 5) is 0. The van der Waals surface area contributed by atoms with Gasteiger partial charge in [0.05, 0.1) is 0 Å². The van der Waals surface area contributed by atoms with Crippen LogP contribution in [0.4, 0.5) is 5.69 Å².